The standard InChI is InChI=1S/C33H29NO6/c1-39-26-17-13-23(14-18-26)30-29(31(36)24-11-7-4-8-12-24)32(37)33(38,21-28(35)22-9-5-3-6-10-22)34(30)25-15-19-27(40-2)20-16-25/h3-20,30,36,38H,21H2,1-2H3/b31-29+. The molecule has 0 saturated carbocycles. The van der Waals surface area contributed by atoms with Crippen molar-refractivity contribution in [2.75, 3.05) is 19.1 Å². The minimum Gasteiger partial charge on any atom is -0.507 e. The molecule has 1 fully saturated rings. The van der Waals surface area contributed by atoms with E-state index in [-0.39, 0.29) is 11.3 Å². The highest BCUT2D eigenvalue weighted by Gasteiger charge is 2.58. The summed E-state index contributed by atoms with van der Waals surface area (Å²) in [6.07, 6.45) is -0.528. The third-order valence-electron chi connectivity index (χ3n) is 7.13. The molecule has 2 N–H and O–H groups in total. The third-order valence-corrected chi connectivity index (χ3v) is 7.13. The summed E-state index contributed by atoms with van der Waals surface area (Å²) < 4.78 is 10.6. The summed E-state index contributed by atoms with van der Waals surface area (Å²) in [6.45, 7) is 0. The Hall–Kier alpha value is -4.88. The van der Waals surface area contributed by atoms with Crippen LogP contribution in [-0.4, -0.2) is 41.7 Å². The summed E-state index contributed by atoms with van der Waals surface area (Å²) in [5.74, 6) is -0.245. The van der Waals surface area contributed by atoms with Gasteiger partial charge in [0.2, 0.25) is 11.5 Å². The Labute approximate surface area is 232 Å². The minimum absolute atomic E-state index is 0.0180. The SMILES string of the molecule is COc1ccc(C2/C(=C(\O)c3ccccc3)C(=O)C(O)(CC(=O)c3ccccc3)N2c2ccc(OC)cc2)cc1. The first-order valence-electron chi connectivity index (χ1n) is 12.8. The number of anilines is 1. The number of methoxy groups -OCH3 is 2. The quantitative estimate of drug-likeness (QED) is 0.168. The smallest absolute Gasteiger partial charge is 0.217 e. The molecule has 5 rings (SSSR count). The average Bonchev–Trinajstić information content (AvgIpc) is 3.23. The zero-order valence-electron chi connectivity index (χ0n) is 22.2. The lowest BCUT2D eigenvalue weighted by atomic mass is 9.92. The molecule has 202 valence electrons. The zero-order chi connectivity index (χ0) is 28.3. The van der Waals surface area contributed by atoms with Crippen LogP contribution in [0.2, 0.25) is 0 Å². The van der Waals surface area contributed by atoms with Crippen molar-refractivity contribution in [3.8, 4) is 11.5 Å². The first-order valence-corrected chi connectivity index (χ1v) is 12.8. The molecular formula is C33H29NO6. The zero-order valence-corrected chi connectivity index (χ0v) is 22.2. The number of hydrogen-bond acceptors (Lipinski definition) is 7. The average molecular weight is 536 g/mol. The lowest BCUT2D eigenvalue weighted by molar-refractivity contribution is -0.130. The number of carbonyl (C=O) groups is 2. The van der Waals surface area contributed by atoms with Crippen LogP contribution in [0.3, 0.4) is 0 Å². The molecule has 2 atom stereocenters. The highest BCUT2D eigenvalue weighted by atomic mass is 16.5. The number of benzene rings is 4. The predicted molar refractivity (Wildman–Crippen MR) is 153 cm³/mol. The third kappa shape index (κ3) is 4.83. The number of ketones is 2. The Morgan fingerprint density at radius 3 is 1.80 bits per heavy atom. The van der Waals surface area contributed by atoms with Gasteiger partial charge in [-0.3, -0.25) is 9.59 Å². The van der Waals surface area contributed by atoms with Crippen molar-refractivity contribution in [3.63, 3.8) is 0 Å². The van der Waals surface area contributed by atoms with Gasteiger partial charge in [-0.05, 0) is 42.0 Å². The van der Waals surface area contributed by atoms with E-state index in [1.54, 1.807) is 123 Å². The minimum atomic E-state index is -2.30. The monoisotopic (exact) mass is 535 g/mol. The van der Waals surface area contributed by atoms with Gasteiger partial charge in [0.15, 0.2) is 5.78 Å². The van der Waals surface area contributed by atoms with Crippen molar-refractivity contribution in [1.82, 2.24) is 0 Å². The first kappa shape index (κ1) is 26.7. The van der Waals surface area contributed by atoms with Crippen LogP contribution >= 0.6 is 0 Å². The van der Waals surface area contributed by atoms with Crippen LogP contribution < -0.4 is 14.4 Å². The Morgan fingerprint density at radius 1 is 0.775 bits per heavy atom. The van der Waals surface area contributed by atoms with Crippen LogP contribution in [0.25, 0.3) is 5.76 Å². The van der Waals surface area contributed by atoms with Gasteiger partial charge in [-0.1, -0.05) is 72.8 Å². The molecule has 4 aromatic carbocycles. The van der Waals surface area contributed by atoms with Crippen molar-refractivity contribution in [2.24, 2.45) is 0 Å². The van der Waals surface area contributed by atoms with E-state index in [0.29, 0.717) is 33.9 Å². The van der Waals surface area contributed by atoms with Gasteiger partial charge < -0.3 is 24.6 Å². The fourth-order valence-electron chi connectivity index (χ4n) is 5.10. The molecule has 0 bridgehead atoms. The van der Waals surface area contributed by atoms with Crippen LogP contribution in [0.1, 0.15) is 33.9 Å². The van der Waals surface area contributed by atoms with E-state index < -0.39 is 29.8 Å². The normalized spacial score (nSPS) is 19.8. The van der Waals surface area contributed by atoms with Gasteiger partial charge in [-0.15, -0.1) is 0 Å². The molecule has 7 heteroatoms. The number of hydrogen-bond donors (Lipinski definition) is 2. The maximum atomic E-state index is 14.3. The molecule has 1 saturated heterocycles. The highest BCUT2D eigenvalue weighted by molar-refractivity contribution is 6.15. The Bertz CT molecular complexity index is 1530. The molecule has 0 spiro atoms. The van der Waals surface area contributed by atoms with E-state index in [1.165, 1.54) is 4.90 Å². The number of carbonyl (C=O) groups excluding carboxylic acids is 2. The van der Waals surface area contributed by atoms with E-state index >= 15 is 0 Å². The van der Waals surface area contributed by atoms with Crippen LogP contribution in [0.15, 0.2) is 115 Å². The number of Topliss-reactive ketones (excluding diaryl/α,β-unsaturated/α-hetero) is 2. The number of rotatable bonds is 8. The van der Waals surface area contributed by atoms with Gasteiger partial charge in [-0.25, -0.2) is 0 Å². The van der Waals surface area contributed by atoms with Crippen LogP contribution in [0.4, 0.5) is 5.69 Å². The van der Waals surface area contributed by atoms with Gasteiger partial charge in [0.25, 0.3) is 0 Å². The van der Waals surface area contributed by atoms with E-state index in [2.05, 4.69) is 0 Å². The van der Waals surface area contributed by atoms with Crippen molar-refractivity contribution in [3.05, 3.63) is 131 Å². The number of nitrogens with zero attached hydrogens (tertiary/aromatic N) is 1. The summed E-state index contributed by atoms with van der Waals surface area (Å²) in [7, 11) is 3.10. The lowest BCUT2D eigenvalue weighted by Crippen LogP contribution is -2.51. The molecule has 0 amide bonds. The first-order chi connectivity index (χ1) is 19.4. The van der Waals surface area contributed by atoms with Crippen LogP contribution in [0.5, 0.6) is 11.5 Å². The second-order valence-electron chi connectivity index (χ2n) is 9.48. The second kappa shape index (κ2) is 11.1. The molecular weight excluding hydrogens is 506 g/mol. The van der Waals surface area contributed by atoms with E-state index in [1.807, 2.05) is 0 Å². The molecule has 40 heavy (non-hydrogen) atoms. The largest absolute Gasteiger partial charge is 0.507 e. The van der Waals surface area contributed by atoms with Crippen molar-refractivity contribution in [1.29, 1.82) is 0 Å². The predicted octanol–water partition coefficient (Wildman–Crippen LogP) is 5.77. The fraction of sp³-hybridized carbons (Fsp3) is 0.152. The van der Waals surface area contributed by atoms with E-state index in [9.17, 15) is 19.8 Å². The molecule has 4 aromatic rings. The highest BCUT2D eigenvalue weighted by Crippen LogP contribution is 2.50. The molecule has 0 radical (unpaired) electrons. The molecule has 2 unspecified atom stereocenters. The molecule has 1 aliphatic rings. The number of aliphatic hydroxyl groups is 2. The molecule has 0 aromatic heterocycles. The van der Waals surface area contributed by atoms with Gasteiger partial charge in [0, 0.05) is 16.8 Å². The molecule has 1 aliphatic heterocycles. The summed E-state index contributed by atoms with van der Waals surface area (Å²) in [4.78, 5) is 29.3. The lowest BCUT2D eigenvalue weighted by Gasteiger charge is -2.37. The van der Waals surface area contributed by atoms with E-state index in [0.717, 1.165) is 0 Å². The van der Waals surface area contributed by atoms with Crippen molar-refractivity contribution >= 4 is 23.0 Å². The molecule has 1 heterocycles. The van der Waals surface area contributed by atoms with Crippen LogP contribution in [-0.2, 0) is 4.79 Å². The summed E-state index contributed by atoms with van der Waals surface area (Å²) >= 11 is 0. The fourth-order valence-corrected chi connectivity index (χ4v) is 5.10. The van der Waals surface area contributed by atoms with Crippen LogP contribution in [0, 0.1) is 0 Å². The van der Waals surface area contributed by atoms with E-state index in [4.69, 9.17) is 9.47 Å². The molecule has 7 nitrogen and oxygen atoms in total. The van der Waals surface area contributed by atoms with Gasteiger partial charge in [0.05, 0.1) is 32.3 Å². The summed E-state index contributed by atoms with van der Waals surface area (Å²) in [6, 6.07) is 30.1. The number of ether oxygens (including phenoxy) is 2. The van der Waals surface area contributed by atoms with Crippen molar-refractivity contribution in [2.45, 2.75) is 18.2 Å². The van der Waals surface area contributed by atoms with Crippen molar-refractivity contribution < 1.29 is 29.3 Å². The Kier molecular flexibility index (Phi) is 7.40. The summed E-state index contributed by atoms with van der Waals surface area (Å²) in [5.41, 5.74) is -0.457. The Morgan fingerprint density at radius 2 is 1.27 bits per heavy atom. The van der Waals surface area contributed by atoms with Gasteiger partial charge in [-0.2, -0.15) is 0 Å². The summed E-state index contributed by atoms with van der Waals surface area (Å²) in [5, 5.41) is 23.8. The second-order valence-corrected chi connectivity index (χ2v) is 9.48. The maximum Gasteiger partial charge on any atom is 0.217 e. The Balaban J connectivity index is 1.75. The van der Waals surface area contributed by atoms with Gasteiger partial charge in [0.1, 0.15) is 17.3 Å². The topological polar surface area (TPSA) is 96.3 Å². The maximum absolute atomic E-state index is 14.3. The van der Waals surface area contributed by atoms with Gasteiger partial charge >= 0.3 is 0 Å². The molecule has 0 aliphatic carbocycles. The number of aliphatic hydroxyl groups excluding tert-OH is 1.